The lowest BCUT2D eigenvalue weighted by Gasteiger charge is -2.22. The average Bonchev–Trinajstić information content (AvgIpc) is 2.32. The van der Waals surface area contributed by atoms with E-state index >= 15 is 0 Å². The van der Waals surface area contributed by atoms with Gasteiger partial charge < -0.3 is 5.32 Å². The summed E-state index contributed by atoms with van der Waals surface area (Å²) < 4.78 is 1.13. The maximum absolute atomic E-state index is 4.61. The Morgan fingerprint density at radius 2 is 1.52 bits per heavy atom. The van der Waals surface area contributed by atoms with Crippen LogP contribution in [0.1, 0.15) is 46.6 Å². The van der Waals surface area contributed by atoms with E-state index in [-0.39, 0.29) is 6.04 Å². The van der Waals surface area contributed by atoms with Crippen molar-refractivity contribution in [2.24, 2.45) is 0 Å². The Kier molecular flexibility index (Phi) is 4.72. The smallest absolute Gasteiger partial charge is 0.0506 e. The topological polar surface area (TPSA) is 24.9 Å². The normalized spacial score (nSPS) is 12.3. The molecule has 112 valence electrons. The van der Waals surface area contributed by atoms with Crippen molar-refractivity contribution < 1.29 is 0 Å². The molecule has 2 rings (SSSR count). The van der Waals surface area contributed by atoms with Gasteiger partial charge in [-0.15, -0.1) is 0 Å². The van der Waals surface area contributed by atoms with Crippen molar-refractivity contribution in [2.75, 3.05) is 5.32 Å². The third-order valence-electron chi connectivity index (χ3n) is 3.88. The summed E-state index contributed by atoms with van der Waals surface area (Å²) in [5.41, 5.74) is 8.50. The molecule has 3 heteroatoms. The molecule has 0 bridgehead atoms. The molecule has 1 N–H and O–H groups in total. The summed E-state index contributed by atoms with van der Waals surface area (Å²) in [5, 5.41) is 3.66. The van der Waals surface area contributed by atoms with E-state index in [0.717, 1.165) is 15.9 Å². The summed E-state index contributed by atoms with van der Waals surface area (Å²) in [7, 11) is 0. The first-order valence-electron chi connectivity index (χ1n) is 7.27. The minimum Gasteiger partial charge on any atom is -0.378 e. The number of benzene rings is 1. The SMILES string of the molecule is Cc1cc(C)c(C(C)Nc2c(C)cc(Br)cc2C)c(C)n1. The first-order chi connectivity index (χ1) is 9.79. The van der Waals surface area contributed by atoms with Gasteiger partial charge in [-0.3, -0.25) is 4.98 Å². The number of hydrogen-bond acceptors (Lipinski definition) is 2. The number of halogens is 1. The Hall–Kier alpha value is -1.35. The van der Waals surface area contributed by atoms with Crippen LogP contribution in [0.15, 0.2) is 22.7 Å². The number of nitrogens with one attached hydrogen (secondary N) is 1. The molecule has 0 aliphatic heterocycles. The van der Waals surface area contributed by atoms with Gasteiger partial charge in [-0.1, -0.05) is 15.9 Å². The van der Waals surface area contributed by atoms with E-state index < -0.39 is 0 Å². The first-order valence-corrected chi connectivity index (χ1v) is 8.07. The second-order valence-corrected chi connectivity index (χ2v) is 6.78. The summed E-state index contributed by atoms with van der Waals surface area (Å²) in [6.45, 7) is 12.8. The van der Waals surface area contributed by atoms with E-state index in [4.69, 9.17) is 0 Å². The second kappa shape index (κ2) is 6.18. The molecule has 2 nitrogen and oxygen atoms in total. The number of anilines is 1. The monoisotopic (exact) mass is 346 g/mol. The molecule has 21 heavy (non-hydrogen) atoms. The summed E-state index contributed by atoms with van der Waals surface area (Å²) in [6.07, 6.45) is 0. The van der Waals surface area contributed by atoms with E-state index in [1.165, 1.54) is 27.9 Å². The fraction of sp³-hybridized carbons (Fsp3) is 0.389. The van der Waals surface area contributed by atoms with E-state index in [0.29, 0.717) is 0 Å². The molecule has 0 saturated heterocycles. The molecule has 0 fully saturated rings. The highest BCUT2D eigenvalue weighted by Crippen LogP contribution is 2.30. The van der Waals surface area contributed by atoms with Crippen molar-refractivity contribution in [3.05, 3.63) is 56.3 Å². The molecule has 0 aliphatic carbocycles. The van der Waals surface area contributed by atoms with Gasteiger partial charge in [-0.25, -0.2) is 0 Å². The van der Waals surface area contributed by atoms with Gasteiger partial charge in [0, 0.05) is 21.5 Å². The van der Waals surface area contributed by atoms with Crippen molar-refractivity contribution >= 4 is 21.6 Å². The Morgan fingerprint density at radius 1 is 0.952 bits per heavy atom. The van der Waals surface area contributed by atoms with Crippen LogP contribution in [0.3, 0.4) is 0 Å². The fourth-order valence-electron chi connectivity index (χ4n) is 3.12. The number of hydrogen-bond donors (Lipinski definition) is 1. The zero-order chi connectivity index (χ0) is 15.7. The minimum atomic E-state index is 0.233. The highest BCUT2D eigenvalue weighted by Gasteiger charge is 2.15. The van der Waals surface area contributed by atoms with Crippen LogP contribution in [0, 0.1) is 34.6 Å². The Balaban J connectivity index is 2.37. The van der Waals surface area contributed by atoms with Crippen LogP contribution >= 0.6 is 15.9 Å². The molecule has 1 heterocycles. The van der Waals surface area contributed by atoms with Crippen LogP contribution in [-0.2, 0) is 0 Å². The molecule has 0 radical (unpaired) electrons. The molecule has 0 aliphatic rings. The maximum Gasteiger partial charge on any atom is 0.0506 e. The van der Waals surface area contributed by atoms with E-state index in [1.54, 1.807) is 0 Å². The molecule has 1 aromatic carbocycles. The number of rotatable bonds is 3. The molecule has 1 unspecified atom stereocenters. The fourth-order valence-corrected chi connectivity index (χ4v) is 3.80. The lowest BCUT2D eigenvalue weighted by atomic mass is 9.99. The van der Waals surface area contributed by atoms with Crippen LogP contribution in [-0.4, -0.2) is 4.98 Å². The van der Waals surface area contributed by atoms with Crippen molar-refractivity contribution in [1.29, 1.82) is 0 Å². The third kappa shape index (κ3) is 3.46. The summed E-state index contributed by atoms with van der Waals surface area (Å²) in [5.74, 6) is 0. The predicted octanol–water partition coefficient (Wildman–Crippen LogP) is 5.56. The van der Waals surface area contributed by atoms with Gasteiger partial charge >= 0.3 is 0 Å². The molecule has 2 aromatic rings. The van der Waals surface area contributed by atoms with Crippen molar-refractivity contribution in [2.45, 2.75) is 47.6 Å². The zero-order valence-corrected chi connectivity index (χ0v) is 15.2. The molecule has 1 atom stereocenters. The van der Waals surface area contributed by atoms with E-state index in [9.17, 15) is 0 Å². The van der Waals surface area contributed by atoms with Crippen molar-refractivity contribution in [1.82, 2.24) is 4.98 Å². The summed E-state index contributed by atoms with van der Waals surface area (Å²) in [4.78, 5) is 4.61. The minimum absolute atomic E-state index is 0.233. The zero-order valence-electron chi connectivity index (χ0n) is 13.6. The predicted molar refractivity (Wildman–Crippen MR) is 94.1 cm³/mol. The Morgan fingerprint density at radius 3 is 2.05 bits per heavy atom. The molecular weight excluding hydrogens is 324 g/mol. The molecule has 0 amide bonds. The van der Waals surface area contributed by atoms with Gasteiger partial charge in [-0.2, -0.15) is 0 Å². The van der Waals surface area contributed by atoms with Crippen LogP contribution in [0.5, 0.6) is 0 Å². The quantitative estimate of drug-likeness (QED) is 0.786. The van der Waals surface area contributed by atoms with Crippen molar-refractivity contribution in [3.63, 3.8) is 0 Å². The van der Waals surface area contributed by atoms with Crippen LogP contribution < -0.4 is 5.32 Å². The number of nitrogens with zero attached hydrogens (tertiary/aromatic N) is 1. The summed E-state index contributed by atoms with van der Waals surface area (Å²) >= 11 is 3.55. The van der Waals surface area contributed by atoms with Crippen LogP contribution in [0.4, 0.5) is 5.69 Å². The molecule has 0 spiro atoms. The van der Waals surface area contributed by atoms with Crippen LogP contribution in [0.25, 0.3) is 0 Å². The molecule has 1 aromatic heterocycles. The largest absolute Gasteiger partial charge is 0.378 e. The first kappa shape index (κ1) is 16.0. The average molecular weight is 347 g/mol. The number of pyridine rings is 1. The van der Waals surface area contributed by atoms with E-state index in [1.807, 2.05) is 6.92 Å². The number of aromatic nitrogens is 1. The Labute approximate surface area is 136 Å². The standard InChI is InChI=1S/C18H23BrN2/c1-10-7-13(4)20-14(5)17(10)15(6)21-18-11(2)8-16(19)9-12(18)3/h7-9,15,21H,1-6H3. The van der Waals surface area contributed by atoms with Gasteiger partial charge in [0.25, 0.3) is 0 Å². The van der Waals surface area contributed by atoms with Gasteiger partial charge in [0.05, 0.1) is 6.04 Å². The maximum atomic E-state index is 4.61. The van der Waals surface area contributed by atoms with Crippen molar-refractivity contribution in [3.8, 4) is 0 Å². The lowest BCUT2D eigenvalue weighted by molar-refractivity contribution is 0.839. The van der Waals surface area contributed by atoms with E-state index in [2.05, 4.69) is 79.0 Å². The van der Waals surface area contributed by atoms with Gasteiger partial charge in [0.1, 0.15) is 0 Å². The molecule has 0 saturated carbocycles. The van der Waals surface area contributed by atoms with Gasteiger partial charge in [0.2, 0.25) is 0 Å². The highest BCUT2D eigenvalue weighted by molar-refractivity contribution is 9.10. The Bertz CT molecular complexity index is 631. The number of aryl methyl sites for hydroxylation is 5. The van der Waals surface area contributed by atoms with Gasteiger partial charge in [0.15, 0.2) is 0 Å². The van der Waals surface area contributed by atoms with Crippen LogP contribution in [0.2, 0.25) is 0 Å². The second-order valence-electron chi connectivity index (χ2n) is 5.86. The summed E-state index contributed by atoms with van der Waals surface area (Å²) in [6, 6.07) is 6.68. The molecular formula is C18H23BrN2. The third-order valence-corrected chi connectivity index (χ3v) is 4.33. The lowest BCUT2D eigenvalue weighted by Crippen LogP contribution is -2.13. The van der Waals surface area contributed by atoms with Gasteiger partial charge in [-0.05, 0) is 82.0 Å². The highest BCUT2D eigenvalue weighted by atomic mass is 79.9.